The molecule has 0 radical (unpaired) electrons. The van der Waals surface area contributed by atoms with E-state index in [-0.39, 0.29) is 24.5 Å². The number of Topliss-reactive ketones (excluding diaryl/α,β-unsaturated/α-hetero) is 1. The van der Waals surface area contributed by atoms with Crippen LogP contribution in [0, 0.1) is 11.3 Å². The lowest BCUT2D eigenvalue weighted by atomic mass is 9.97. The molecule has 2 fully saturated rings. The molecule has 2 rings (SSSR count). The summed E-state index contributed by atoms with van der Waals surface area (Å²) in [6.07, 6.45) is -1.24. The third kappa shape index (κ3) is 4.27. The average Bonchev–Trinajstić information content (AvgIpc) is 3.19. The molecule has 22 heavy (non-hydrogen) atoms. The van der Waals surface area contributed by atoms with Gasteiger partial charge in [-0.25, -0.2) is 0 Å². The minimum atomic E-state index is -0.806. The maximum atomic E-state index is 12.1. The normalized spacial score (nSPS) is 31.1. The van der Waals surface area contributed by atoms with Gasteiger partial charge >= 0.3 is 5.97 Å². The van der Waals surface area contributed by atoms with Gasteiger partial charge in [0.25, 0.3) is 0 Å². The lowest BCUT2D eigenvalue weighted by Crippen LogP contribution is -2.46. The van der Waals surface area contributed by atoms with Crippen molar-refractivity contribution in [1.82, 2.24) is 0 Å². The van der Waals surface area contributed by atoms with E-state index in [2.05, 4.69) is 13.8 Å². The van der Waals surface area contributed by atoms with E-state index in [1.165, 1.54) is 0 Å². The Hall–Kier alpha value is -0.980. The third-order valence-electron chi connectivity index (χ3n) is 3.65. The van der Waals surface area contributed by atoms with Crippen LogP contribution >= 0.6 is 0 Å². The number of carbonyl (C=O) groups excluding carboxylic acids is 2. The highest BCUT2D eigenvalue weighted by atomic mass is 16.7. The van der Waals surface area contributed by atoms with Crippen LogP contribution in [0.15, 0.2) is 0 Å². The second kappa shape index (κ2) is 6.64. The number of ether oxygens (including phenoxy) is 4. The fraction of sp³-hybridized carbons (Fsp3) is 0.875. The van der Waals surface area contributed by atoms with Gasteiger partial charge in [-0.05, 0) is 33.1 Å². The number of epoxide rings is 1. The summed E-state index contributed by atoms with van der Waals surface area (Å²) in [6, 6.07) is 0. The smallest absolute Gasteiger partial charge is 0.311 e. The maximum absolute atomic E-state index is 12.1. The number of hydrogen-bond acceptors (Lipinski definition) is 6. The predicted molar refractivity (Wildman–Crippen MR) is 78.2 cm³/mol. The SMILES string of the molecule is CC(C)CCO[C@H]1O[C@H](COC(=O)C(C)(C)C)C(=O)[C@@H]2O[C@H]12. The van der Waals surface area contributed by atoms with Crippen LogP contribution in [-0.4, -0.2) is 49.6 Å². The first kappa shape index (κ1) is 17.4. The van der Waals surface area contributed by atoms with Gasteiger partial charge in [0.1, 0.15) is 12.7 Å². The van der Waals surface area contributed by atoms with E-state index >= 15 is 0 Å². The molecule has 2 heterocycles. The van der Waals surface area contributed by atoms with E-state index in [0.29, 0.717) is 12.5 Å². The van der Waals surface area contributed by atoms with Crippen molar-refractivity contribution in [2.45, 2.75) is 65.6 Å². The first-order valence-electron chi connectivity index (χ1n) is 7.83. The minimum absolute atomic E-state index is 0.0917. The Morgan fingerprint density at radius 3 is 2.55 bits per heavy atom. The second-order valence-electron chi connectivity index (χ2n) is 7.32. The Morgan fingerprint density at radius 2 is 1.95 bits per heavy atom. The van der Waals surface area contributed by atoms with Gasteiger partial charge in [-0.3, -0.25) is 9.59 Å². The summed E-state index contributed by atoms with van der Waals surface area (Å²) >= 11 is 0. The Kier molecular flexibility index (Phi) is 5.25. The van der Waals surface area contributed by atoms with Crippen LogP contribution < -0.4 is 0 Å². The van der Waals surface area contributed by atoms with Gasteiger partial charge in [0.2, 0.25) is 0 Å². The van der Waals surface area contributed by atoms with Crippen LogP contribution in [0.4, 0.5) is 0 Å². The topological polar surface area (TPSA) is 74.4 Å². The summed E-state index contributed by atoms with van der Waals surface area (Å²) in [5, 5.41) is 0. The van der Waals surface area contributed by atoms with E-state index in [1.807, 2.05) is 0 Å². The molecule has 0 aromatic carbocycles. The van der Waals surface area contributed by atoms with Gasteiger partial charge in [0.05, 0.1) is 12.0 Å². The fourth-order valence-corrected chi connectivity index (χ4v) is 2.09. The quantitative estimate of drug-likeness (QED) is 0.549. The van der Waals surface area contributed by atoms with E-state index < -0.39 is 23.9 Å². The molecule has 2 aliphatic rings. The third-order valence-corrected chi connectivity index (χ3v) is 3.65. The lowest BCUT2D eigenvalue weighted by molar-refractivity contribution is -0.202. The van der Waals surface area contributed by atoms with Crippen molar-refractivity contribution in [3.8, 4) is 0 Å². The van der Waals surface area contributed by atoms with Gasteiger partial charge < -0.3 is 18.9 Å². The van der Waals surface area contributed by atoms with Crippen molar-refractivity contribution < 1.29 is 28.5 Å². The highest BCUT2D eigenvalue weighted by Crippen LogP contribution is 2.35. The van der Waals surface area contributed by atoms with Crippen molar-refractivity contribution in [2.75, 3.05) is 13.2 Å². The van der Waals surface area contributed by atoms with E-state index in [9.17, 15) is 9.59 Å². The molecular weight excluding hydrogens is 288 g/mol. The highest BCUT2D eigenvalue weighted by Gasteiger charge is 2.58. The lowest BCUT2D eigenvalue weighted by Gasteiger charge is -2.27. The number of esters is 1. The molecule has 0 spiro atoms. The molecule has 0 N–H and O–H groups in total. The maximum Gasteiger partial charge on any atom is 0.311 e. The van der Waals surface area contributed by atoms with Crippen LogP contribution in [0.1, 0.15) is 41.0 Å². The Morgan fingerprint density at radius 1 is 1.27 bits per heavy atom. The molecule has 6 nitrogen and oxygen atoms in total. The number of ketones is 1. The molecule has 2 saturated heterocycles. The molecule has 4 atom stereocenters. The van der Waals surface area contributed by atoms with Gasteiger partial charge in [0.15, 0.2) is 24.3 Å². The minimum Gasteiger partial charge on any atom is -0.462 e. The number of rotatable bonds is 6. The summed E-state index contributed by atoms with van der Waals surface area (Å²) in [5.41, 5.74) is -0.608. The van der Waals surface area contributed by atoms with Crippen LogP contribution in [0.2, 0.25) is 0 Å². The van der Waals surface area contributed by atoms with Gasteiger partial charge in [-0.2, -0.15) is 0 Å². The monoisotopic (exact) mass is 314 g/mol. The molecule has 0 aliphatic carbocycles. The Bertz CT molecular complexity index is 425. The van der Waals surface area contributed by atoms with Crippen LogP contribution in [0.3, 0.4) is 0 Å². The van der Waals surface area contributed by atoms with E-state index in [1.54, 1.807) is 20.8 Å². The molecule has 0 aromatic rings. The summed E-state index contributed by atoms with van der Waals surface area (Å²) in [6.45, 7) is 9.97. The van der Waals surface area contributed by atoms with Crippen LogP contribution in [0.5, 0.6) is 0 Å². The average molecular weight is 314 g/mol. The van der Waals surface area contributed by atoms with Crippen LogP contribution in [0.25, 0.3) is 0 Å². The Labute approximate surface area is 131 Å². The number of hydrogen-bond donors (Lipinski definition) is 0. The first-order valence-corrected chi connectivity index (χ1v) is 7.83. The summed E-state index contributed by atoms with van der Waals surface area (Å²) in [4.78, 5) is 23.8. The van der Waals surface area contributed by atoms with Crippen molar-refractivity contribution in [3.05, 3.63) is 0 Å². The van der Waals surface area contributed by atoms with Gasteiger partial charge in [-0.1, -0.05) is 13.8 Å². The van der Waals surface area contributed by atoms with Crippen molar-refractivity contribution in [2.24, 2.45) is 11.3 Å². The second-order valence-corrected chi connectivity index (χ2v) is 7.32. The zero-order chi connectivity index (χ0) is 16.5. The molecule has 0 saturated carbocycles. The molecule has 6 heteroatoms. The Balaban J connectivity index is 1.83. The molecule has 2 aliphatic heterocycles. The van der Waals surface area contributed by atoms with E-state index in [0.717, 1.165) is 6.42 Å². The van der Waals surface area contributed by atoms with Crippen LogP contribution in [-0.2, 0) is 28.5 Å². The van der Waals surface area contributed by atoms with Gasteiger partial charge in [0, 0.05) is 0 Å². The molecular formula is C16H26O6. The number of carbonyl (C=O) groups is 2. The van der Waals surface area contributed by atoms with Crippen molar-refractivity contribution in [3.63, 3.8) is 0 Å². The van der Waals surface area contributed by atoms with Crippen molar-refractivity contribution in [1.29, 1.82) is 0 Å². The summed E-state index contributed by atoms with van der Waals surface area (Å²) in [7, 11) is 0. The van der Waals surface area contributed by atoms with Gasteiger partial charge in [-0.15, -0.1) is 0 Å². The van der Waals surface area contributed by atoms with Crippen molar-refractivity contribution >= 4 is 11.8 Å². The zero-order valence-electron chi connectivity index (χ0n) is 14.0. The first-order chi connectivity index (χ1) is 10.2. The molecule has 0 aromatic heterocycles. The molecule has 126 valence electrons. The predicted octanol–water partition coefficient (Wildman–Crippen LogP) is 1.70. The molecule has 0 amide bonds. The number of fused-ring (bicyclic) bond motifs is 1. The zero-order valence-corrected chi connectivity index (χ0v) is 14.0. The highest BCUT2D eigenvalue weighted by molar-refractivity contribution is 5.91. The largest absolute Gasteiger partial charge is 0.462 e. The molecule has 0 bridgehead atoms. The standard InChI is InChI=1S/C16H26O6/c1-9(2)6-7-19-14-13-12(22-13)11(17)10(21-14)8-20-15(18)16(3,4)5/h9-10,12-14H,6-8H2,1-5H3/t10-,12+,13+,14+/m1/s1. The molecule has 0 unspecified atom stereocenters. The fourth-order valence-electron chi connectivity index (χ4n) is 2.09. The summed E-state index contributed by atoms with van der Waals surface area (Å²) < 4.78 is 21.8. The van der Waals surface area contributed by atoms with E-state index in [4.69, 9.17) is 18.9 Å². The summed E-state index contributed by atoms with van der Waals surface area (Å²) in [5.74, 6) is 0.000104.